The Labute approximate surface area is 134 Å². The molecule has 0 atom stereocenters. The van der Waals surface area contributed by atoms with Crippen LogP contribution in [0, 0.1) is 6.92 Å². The molecular weight excluding hydrogens is 330 g/mol. The third-order valence-corrected chi connectivity index (χ3v) is 3.44. The number of benzene rings is 1. The van der Waals surface area contributed by atoms with E-state index >= 15 is 0 Å². The van der Waals surface area contributed by atoms with Gasteiger partial charge in [-0.05, 0) is 64.4 Å². The third-order valence-electron chi connectivity index (χ3n) is 2.98. The Bertz CT molecular complexity index is 582. The molecule has 5 heteroatoms. The molecule has 0 radical (unpaired) electrons. The fourth-order valence-electron chi connectivity index (χ4n) is 2.03. The molecule has 0 bridgehead atoms. The summed E-state index contributed by atoms with van der Waals surface area (Å²) in [5.41, 5.74) is 2.26. The van der Waals surface area contributed by atoms with Crippen molar-refractivity contribution in [3.63, 3.8) is 0 Å². The molecule has 1 aromatic carbocycles. The number of aromatic nitrogens is 2. The molecule has 0 aliphatic rings. The molecule has 2 aromatic rings. The Kier molecular flexibility index (Phi) is 5.17. The first kappa shape index (κ1) is 16.2. The van der Waals surface area contributed by atoms with Gasteiger partial charge in [0.05, 0.1) is 0 Å². The lowest BCUT2D eigenvalue weighted by molar-refractivity contribution is 0.412. The fraction of sp³-hybridized carbons (Fsp3) is 0.500. The van der Waals surface area contributed by atoms with E-state index in [1.807, 2.05) is 19.1 Å². The maximum absolute atomic E-state index is 5.74. The molecule has 1 heterocycles. The Morgan fingerprint density at radius 3 is 2.62 bits per heavy atom. The van der Waals surface area contributed by atoms with Crippen LogP contribution in [-0.4, -0.2) is 22.3 Å². The summed E-state index contributed by atoms with van der Waals surface area (Å²) in [7, 11) is 0. The SMILES string of the molecule is Cc1cc(Br)cc(-c2nnc(CCCNC(C)(C)C)o2)c1. The van der Waals surface area contributed by atoms with E-state index in [1.54, 1.807) is 0 Å². The van der Waals surface area contributed by atoms with E-state index < -0.39 is 0 Å². The first-order chi connectivity index (χ1) is 9.83. The van der Waals surface area contributed by atoms with Crippen molar-refractivity contribution in [3.05, 3.63) is 34.1 Å². The van der Waals surface area contributed by atoms with E-state index in [-0.39, 0.29) is 5.54 Å². The van der Waals surface area contributed by atoms with E-state index in [9.17, 15) is 0 Å². The second kappa shape index (κ2) is 6.71. The van der Waals surface area contributed by atoms with Gasteiger partial charge in [-0.1, -0.05) is 15.9 Å². The van der Waals surface area contributed by atoms with Crippen LogP contribution >= 0.6 is 15.9 Å². The Balaban J connectivity index is 1.95. The minimum Gasteiger partial charge on any atom is -0.421 e. The summed E-state index contributed by atoms with van der Waals surface area (Å²) in [6.45, 7) is 9.47. The van der Waals surface area contributed by atoms with Crippen LogP contribution in [0.1, 0.15) is 38.6 Å². The van der Waals surface area contributed by atoms with Crippen molar-refractivity contribution in [3.8, 4) is 11.5 Å². The van der Waals surface area contributed by atoms with Gasteiger partial charge >= 0.3 is 0 Å². The minimum absolute atomic E-state index is 0.147. The lowest BCUT2D eigenvalue weighted by atomic mass is 10.1. The average molecular weight is 352 g/mol. The summed E-state index contributed by atoms with van der Waals surface area (Å²) in [6, 6.07) is 6.09. The van der Waals surface area contributed by atoms with E-state index in [0.29, 0.717) is 11.8 Å². The molecular formula is C16H22BrN3O. The highest BCUT2D eigenvalue weighted by Gasteiger charge is 2.11. The summed E-state index contributed by atoms with van der Waals surface area (Å²) < 4.78 is 6.76. The lowest BCUT2D eigenvalue weighted by Gasteiger charge is -2.19. The smallest absolute Gasteiger partial charge is 0.247 e. The van der Waals surface area contributed by atoms with Crippen LogP contribution in [0.2, 0.25) is 0 Å². The first-order valence-corrected chi connectivity index (χ1v) is 7.98. The largest absolute Gasteiger partial charge is 0.421 e. The van der Waals surface area contributed by atoms with Gasteiger partial charge in [-0.3, -0.25) is 0 Å². The molecule has 0 spiro atoms. The Morgan fingerprint density at radius 1 is 1.19 bits per heavy atom. The number of hydrogen-bond acceptors (Lipinski definition) is 4. The minimum atomic E-state index is 0.147. The van der Waals surface area contributed by atoms with Crippen LogP contribution in [0.25, 0.3) is 11.5 Å². The van der Waals surface area contributed by atoms with Gasteiger partial charge in [0.25, 0.3) is 0 Å². The number of nitrogens with one attached hydrogen (secondary N) is 1. The highest BCUT2D eigenvalue weighted by Crippen LogP contribution is 2.24. The second-order valence-electron chi connectivity index (χ2n) is 6.30. The Hall–Kier alpha value is -1.20. The van der Waals surface area contributed by atoms with Crippen LogP contribution in [-0.2, 0) is 6.42 Å². The standard InChI is InChI=1S/C16H22BrN3O/c1-11-8-12(10-13(17)9-11)15-20-19-14(21-15)6-5-7-18-16(2,3)4/h8-10,18H,5-7H2,1-4H3. The van der Waals surface area contributed by atoms with Crippen LogP contribution in [0.3, 0.4) is 0 Å². The zero-order chi connectivity index (χ0) is 15.5. The van der Waals surface area contributed by atoms with Gasteiger partial charge in [0.1, 0.15) is 0 Å². The van der Waals surface area contributed by atoms with Crippen molar-refractivity contribution in [2.24, 2.45) is 0 Å². The van der Waals surface area contributed by atoms with Crippen LogP contribution in [0.5, 0.6) is 0 Å². The maximum atomic E-state index is 5.74. The zero-order valence-electron chi connectivity index (χ0n) is 13.0. The molecule has 1 N–H and O–H groups in total. The van der Waals surface area contributed by atoms with Crippen molar-refractivity contribution in [2.45, 2.75) is 46.1 Å². The van der Waals surface area contributed by atoms with Gasteiger partial charge in [0.2, 0.25) is 11.8 Å². The molecule has 0 unspecified atom stereocenters. The number of halogens is 1. The zero-order valence-corrected chi connectivity index (χ0v) is 14.6. The molecule has 0 aliphatic carbocycles. The highest BCUT2D eigenvalue weighted by atomic mass is 79.9. The lowest BCUT2D eigenvalue weighted by Crippen LogP contribution is -2.36. The summed E-state index contributed by atoms with van der Waals surface area (Å²) in [4.78, 5) is 0. The van der Waals surface area contributed by atoms with Crippen LogP contribution in [0.15, 0.2) is 27.1 Å². The van der Waals surface area contributed by atoms with Gasteiger partial charge < -0.3 is 9.73 Å². The molecule has 2 rings (SSSR count). The van der Waals surface area contributed by atoms with E-state index in [4.69, 9.17) is 4.42 Å². The van der Waals surface area contributed by atoms with Crippen molar-refractivity contribution in [1.29, 1.82) is 0 Å². The quantitative estimate of drug-likeness (QED) is 0.822. The molecule has 4 nitrogen and oxygen atoms in total. The highest BCUT2D eigenvalue weighted by molar-refractivity contribution is 9.10. The van der Waals surface area contributed by atoms with Gasteiger partial charge in [0, 0.05) is 22.0 Å². The molecule has 1 aromatic heterocycles. The number of rotatable bonds is 5. The molecule has 114 valence electrons. The topological polar surface area (TPSA) is 51.0 Å². The van der Waals surface area contributed by atoms with Crippen molar-refractivity contribution >= 4 is 15.9 Å². The monoisotopic (exact) mass is 351 g/mol. The van der Waals surface area contributed by atoms with E-state index in [1.165, 1.54) is 0 Å². The second-order valence-corrected chi connectivity index (χ2v) is 7.21. The predicted molar refractivity (Wildman–Crippen MR) is 88.2 cm³/mol. The van der Waals surface area contributed by atoms with Crippen molar-refractivity contribution in [2.75, 3.05) is 6.54 Å². The van der Waals surface area contributed by atoms with Gasteiger partial charge in [-0.15, -0.1) is 10.2 Å². The third kappa shape index (κ3) is 5.25. The van der Waals surface area contributed by atoms with Gasteiger partial charge in [-0.2, -0.15) is 0 Å². The maximum Gasteiger partial charge on any atom is 0.247 e. The summed E-state index contributed by atoms with van der Waals surface area (Å²) in [5.74, 6) is 1.27. The number of hydrogen-bond donors (Lipinski definition) is 1. The summed E-state index contributed by atoms with van der Waals surface area (Å²) in [5, 5.41) is 11.7. The van der Waals surface area contributed by atoms with Gasteiger partial charge in [0.15, 0.2) is 0 Å². The normalized spacial score (nSPS) is 11.9. The molecule has 21 heavy (non-hydrogen) atoms. The van der Waals surface area contributed by atoms with Gasteiger partial charge in [-0.25, -0.2) is 0 Å². The predicted octanol–water partition coefficient (Wildman–Crippen LogP) is 4.13. The van der Waals surface area contributed by atoms with E-state index in [0.717, 1.165) is 35.0 Å². The molecule has 0 fully saturated rings. The number of aryl methyl sites for hydroxylation is 2. The molecule has 0 aliphatic heterocycles. The summed E-state index contributed by atoms with van der Waals surface area (Å²) >= 11 is 3.49. The van der Waals surface area contributed by atoms with E-state index in [2.05, 4.69) is 58.3 Å². The first-order valence-electron chi connectivity index (χ1n) is 7.18. The summed E-state index contributed by atoms with van der Waals surface area (Å²) in [6.07, 6.45) is 1.78. The Morgan fingerprint density at radius 2 is 1.95 bits per heavy atom. The average Bonchev–Trinajstić information content (AvgIpc) is 2.81. The van der Waals surface area contributed by atoms with Crippen molar-refractivity contribution in [1.82, 2.24) is 15.5 Å². The molecule has 0 saturated heterocycles. The number of nitrogens with zero attached hydrogens (tertiary/aromatic N) is 2. The van der Waals surface area contributed by atoms with Crippen LogP contribution in [0.4, 0.5) is 0 Å². The van der Waals surface area contributed by atoms with Crippen LogP contribution < -0.4 is 5.32 Å². The fourth-order valence-corrected chi connectivity index (χ4v) is 2.64. The molecule has 0 amide bonds. The molecule has 0 saturated carbocycles. The van der Waals surface area contributed by atoms with Crippen molar-refractivity contribution < 1.29 is 4.42 Å².